The van der Waals surface area contributed by atoms with Gasteiger partial charge < -0.3 is 5.11 Å². The standard InChI is InChI=1S/C10H18O/c1-3-9-6-4-5-7-10(9)8(2)11/h6,8,10-11H,3-5,7H2,1-2H3. The molecule has 2 atom stereocenters. The van der Waals surface area contributed by atoms with Gasteiger partial charge in [0, 0.05) is 5.92 Å². The zero-order valence-electron chi connectivity index (χ0n) is 7.51. The van der Waals surface area contributed by atoms with E-state index in [1.54, 1.807) is 0 Å². The largest absolute Gasteiger partial charge is 0.393 e. The van der Waals surface area contributed by atoms with Gasteiger partial charge in [0.2, 0.25) is 0 Å². The third-order valence-electron chi connectivity index (χ3n) is 2.59. The number of rotatable bonds is 2. The van der Waals surface area contributed by atoms with Crippen LogP contribution in [-0.2, 0) is 0 Å². The van der Waals surface area contributed by atoms with Crippen molar-refractivity contribution in [3.05, 3.63) is 11.6 Å². The SMILES string of the molecule is CCC1=CCCCC1C(C)O. The van der Waals surface area contributed by atoms with Gasteiger partial charge in [-0.25, -0.2) is 0 Å². The van der Waals surface area contributed by atoms with Crippen LogP contribution in [0.5, 0.6) is 0 Å². The third kappa shape index (κ3) is 2.06. The zero-order chi connectivity index (χ0) is 8.27. The molecule has 2 unspecified atom stereocenters. The smallest absolute Gasteiger partial charge is 0.0577 e. The molecule has 0 bridgehead atoms. The number of hydrogen-bond acceptors (Lipinski definition) is 1. The molecule has 0 fully saturated rings. The minimum atomic E-state index is -0.151. The van der Waals surface area contributed by atoms with E-state index in [4.69, 9.17) is 0 Å². The highest BCUT2D eigenvalue weighted by Gasteiger charge is 2.20. The van der Waals surface area contributed by atoms with Crippen molar-refractivity contribution in [3.8, 4) is 0 Å². The summed E-state index contributed by atoms with van der Waals surface area (Å²) in [5.74, 6) is 0.453. The van der Waals surface area contributed by atoms with Gasteiger partial charge in [0.25, 0.3) is 0 Å². The topological polar surface area (TPSA) is 20.2 Å². The molecule has 0 spiro atoms. The Morgan fingerprint density at radius 2 is 2.45 bits per heavy atom. The van der Waals surface area contributed by atoms with Crippen molar-refractivity contribution in [1.82, 2.24) is 0 Å². The van der Waals surface area contributed by atoms with Crippen LogP contribution < -0.4 is 0 Å². The van der Waals surface area contributed by atoms with Crippen molar-refractivity contribution < 1.29 is 5.11 Å². The molecule has 1 aliphatic carbocycles. The quantitative estimate of drug-likeness (QED) is 0.606. The molecular weight excluding hydrogens is 136 g/mol. The van der Waals surface area contributed by atoms with Gasteiger partial charge in [0.05, 0.1) is 6.10 Å². The molecule has 1 nitrogen and oxygen atoms in total. The van der Waals surface area contributed by atoms with Crippen LogP contribution in [0.25, 0.3) is 0 Å². The molecule has 1 rings (SSSR count). The van der Waals surface area contributed by atoms with Crippen molar-refractivity contribution in [3.63, 3.8) is 0 Å². The Hall–Kier alpha value is -0.300. The lowest BCUT2D eigenvalue weighted by atomic mass is 9.83. The first-order chi connectivity index (χ1) is 5.25. The molecule has 0 aromatic heterocycles. The van der Waals surface area contributed by atoms with E-state index in [1.165, 1.54) is 24.8 Å². The van der Waals surface area contributed by atoms with E-state index in [9.17, 15) is 5.11 Å². The maximum atomic E-state index is 9.44. The van der Waals surface area contributed by atoms with Crippen molar-refractivity contribution in [2.24, 2.45) is 5.92 Å². The fourth-order valence-corrected chi connectivity index (χ4v) is 1.92. The Bertz CT molecular complexity index is 147. The van der Waals surface area contributed by atoms with E-state index >= 15 is 0 Å². The molecule has 11 heavy (non-hydrogen) atoms. The molecule has 0 amide bonds. The molecule has 0 heterocycles. The molecular formula is C10H18O. The first-order valence-electron chi connectivity index (χ1n) is 4.62. The molecule has 0 aromatic carbocycles. The molecule has 0 saturated heterocycles. The molecule has 1 N–H and O–H groups in total. The highest BCUT2D eigenvalue weighted by atomic mass is 16.3. The number of allylic oxidation sites excluding steroid dienone is 1. The van der Waals surface area contributed by atoms with Crippen LogP contribution >= 0.6 is 0 Å². The van der Waals surface area contributed by atoms with Gasteiger partial charge in [-0.2, -0.15) is 0 Å². The lowest BCUT2D eigenvalue weighted by Gasteiger charge is -2.25. The van der Waals surface area contributed by atoms with Crippen molar-refractivity contribution in [2.75, 3.05) is 0 Å². The molecule has 1 aliphatic rings. The van der Waals surface area contributed by atoms with E-state index in [1.807, 2.05) is 6.92 Å². The molecule has 1 heteroatoms. The van der Waals surface area contributed by atoms with Gasteiger partial charge in [-0.1, -0.05) is 18.6 Å². The van der Waals surface area contributed by atoms with Gasteiger partial charge in [-0.15, -0.1) is 0 Å². The molecule has 0 saturated carbocycles. The molecule has 0 aromatic rings. The lowest BCUT2D eigenvalue weighted by Crippen LogP contribution is -2.20. The summed E-state index contributed by atoms with van der Waals surface area (Å²) >= 11 is 0. The predicted octanol–water partition coefficient (Wildman–Crippen LogP) is 2.50. The van der Waals surface area contributed by atoms with Crippen LogP contribution in [0, 0.1) is 5.92 Å². The van der Waals surface area contributed by atoms with Crippen LogP contribution in [0.4, 0.5) is 0 Å². The van der Waals surface area contributed by atoms with Crippen LogP contribution in [0.15, 0.2) is 11.6 Å². The Labute approximate surface area is 69.1 Å². The van der Waals surface area contributed by atoms with E-state index in [-0.39, 0.29) is 6.10 Å². The van der Waals surface area contributed by atoms with Crippen LogP contribution in [0.3, 0.4) is 0 Å². The van der Waals surface area contributed by atoms with Crippen molar-refractivity contribution in [1.29, 1.82) is 0 Å². The highest BCUT2D eigenvalue weighted by molar-refractivity contribution is 5.10. The Morgan fingerprint density at radius 3 is 2.91 bits per heavy atom. The summed E-state index contributed by atoms with van der Waals surface area (Å²) < 4.78 is 0. The van der Waals surface area contributed by atoms with Gasteiger partial charge in [0.1, 0.15) is 0 Å². The number of aliphatic hydroxyl groups excluding tert-OH is 1. The maximum Gasteiger partial charge on any atom is 0.0577 e. The lowest BCUT2D eigenvalue weighted by molar-refractivity contribution is 0.133. The molecule has 64 valence electrons. The summed E-state index contributed by atoms with van der Waals surface area (Å²) in [6.45, 7) is 4.08. The first kappa shape index (κ1) is 8.79. The number of aliphatic hydroxyl groups is 1. The summed E-state index contributed by atoms with van der Waals surface area (Å²) in [7, 11) is 0. The minimum Gasteiger partial charge on any atom is -0.393 e. The van der Waals surface area contributed by atoms with E-state index in [0.29, 0.717) is 5.92 Å². The fourth-order valence-electron chi connectivity index (χ4n) is 1.92. The van der Waals surface area contributed by atoms with Crippen LogP contribution in [0.2, 0.25) is 0 Å². The maximum absolute atomic E-state index is 9.44. The minimum absolute atomic E-state index is 0.151. The van der Waals surface area contributed by atoms with Crippen LogP contribution in [0.1, 0.15) is 39.5 Å². The van der Waals surface area contributed by atoms with E-state index < -0.39 is 0 Å². The highest BCUT2D eigenvalue weighted by Crippen LogP contribution is 2.29. The number of hydrogen-bond donors (Lipinski definition) is 1. The second-order valence-corrected chi connectivity index (χ2v) is 3.41. The summed E-state index contributed by atoms with van der Waals surface area (Å²) in [6.07, 6.45) is 6.90. The normalized spacial score (nSPS) is 27.9. The Balaban J connectivity index is 2.62. The van der Waals surface area contributed by atoms with Gasteiger partial charge in [0.15, 0.2) is 0 Å². The van der Waals surface area contributed by atoms with Gasteiger partial charge in [-0.3, -0.25) is 0 Å². The first-order valence-corrected chi connectivity index (χ1v) is 4.62. The second-order valence-electron chi connectivity index (χ2n) is 3.41. The average Bonchev–Trinajstić information content (AvgIpc) is 2.04. The third-order valence-corrected chi connectivity index (χ3v) is 2.59. The van der Waals surface area contributed by atoms with Crippen LogP contribution in [-0.4, -0.2) is 11.2 Å². The summed E-state index contributed by atoms with van der Waals surface area (Å²) in [6, 6.07) is 0. The van der Waals surface area contributed by atoms with Gasteiger partial charge >= 0.3 is 0 Å². The predicted molar refractivity (Wildman–Crippen MR) is 47.4 cm³/mol. The zero-order valence-corrected chi connectivity index (χ0v) is 7.51. The molecule has 0 radical (unpaired) electrons. The monoisotopic (exact) mass is 154 g/mol. The Morgan fingerprint density at radius 1 is 1.73 bits per heavy atom. The van der Waals surface area contributed by atoms with E-state index in [0.717, 1.165) is 6.42 Å². The second kappa shape index (κ2) is 3.91. The summed E-state index contributed by atoms with van der Waals surface area (Å²) in [4.78, 5) is 0. The van der Waals surface area contributed by atoms with Crippen molar-refractivity contribution in [2.45, 2.75) is 45.6 Å². The summed E-state index contributed by atoms with van der Waals surface area (Å²) in [5.41, 5.74) is 1.46. The van der Waals surface area contributed by atoms with Crippen molar-refractivity contribution >= 4 is 0 Å². The molecule has 0 aliphatic heterocycles. The average molecular weight is 154 g/mol. The Kier molecular flexibility index (Phi) is 3.13. The fraction of sp³-hybridized carbons (Fsp3) is 0.800. The van der Waals surface area contributed by atoms with E-state index in [2.05, 4.69) is 13.0 Å². The summed E-state index contributed by atoms with van der Waals surface area (Å²) in [5, 5.41) is 9.44. The van der Waals surface area contributed by atoms with Gasteiger partial charge in [-0.05, 0) is 32.6 Å².